The highest BCUT2D eigenvalue weighted by molar-refractivity contribution is 7.99. The van der Waals surface area contributed by atoms with Gasteiger partial charge in [0.15, 0.2) is 5.16 Å². The number of H-pyrrole nitrogens is 1. The predicted octanol–water partition coefficient (Wildman–Crippen LogP) is 1.77. The molecule has 16 heavy (non-hydrogen) atoms. The lowest BCUT2D eigenvalue weighted by Crippen LogP contribution is -2.17. The van der Waals surface area contributed by atoms with Crippen molar-refractivity contribution in [3.8, 4) is 6.07 Å². The van der Waals surface area contributed by atoms with Crippen LogP contribution in [0.2, 0.25) is 0 Å². The number of nitrogens with one attached hydrogen (secondary N) is 1. The van der Waals surface area contributed by atoms with Crippen molar-refractivity contribution < 1.29 is 0 Å². The predicted molar refractivity (Wildman–Crippen MR) is 63.3 cm³/mol. The molecular weight excluding hydrogens is 224 g/mol. The van der Waals surface area contributed by atoms with Gasteiger partial charge in [-0.05, 0) is 19.3 Å². The topological polar surface area (TPSA) is 74.5 Å². The molecule has 0 bridgehead atoms. The lowest BCUT2D eigenvalue weighted by Gasteiger charge is -2.02. The normalized spacial score (nSPS) is 10.2. The third-order valence-electron chi connectivity index (χ3n) is 2.08. The fourth-order valence-electron chi connectivity index (χ4n) is 1.30. The number of hydrogen-bond donors (Lipinski definition) is 1. The van der Waals surface area contributed by atoms with E-state index in [1.54, 1.807) is 16.3 Å². The van der Waals surface area contributed by atoms with E-state index in [2.05, 4.69) is 16.3 Å². The Morgan fingerprint density at radius 1 is 1.56 bits per heavy atom. The van der Waals surface area contributed by atoms with Crippen molar-refractivity contribution in [1.82, 2.24) is 14.8 Å². The van der Waals surface area contributed by atoms with Crippen LogP contribution in [0.1, 0.15) is 32.6 Å². The van der Waals surface area contributed by atoms with Crippen molar-refractivity contribution in [2.45, 2.75) is 44.3 Å². The highest BCUT2D eigenvalue weighted by Crippen LogP contribution is 2.15. The van der Waals surface area contributed by atoms with E-state index in [-0.39, 0.29) is 5.69 Å². The molecular formula is C10H16N4OS. The molecule has 1 heterocycles. The van der Waals surface area contributed by atoms with E-state index in [1.165, 1.54) is 0 Å². The third kappa shape index (κ3) is 3.74. The molecule has 0 saturated carbocycles. The van der Waals surface area contributed by atoms with Crippen LogP contribution < -0.4 is 5.69 Å². The van der Waals surface area contributed by atoms with Crippen LogP contribution in [0.5, 0.6) is 0 Å². The number of aromatic nitrogens is 3. The molecule has 0 unspecified atom stereocenters. The Balaban J connectivity index is 2.42. The maximum absolute atomic E-state index is 11.4. The summed E-state index contributed by atoms with van der Waals surface area (Å²) in [5.41, 5.74) is -0.138. The van der Waals surface area contributed by atoms with E-state index in [4.69, 9.17) is 5.26 Å². The van der Waals surface area contributed by atoms with Gasteiger partial charge in [0.05, 0.1) is 6.07 Å². The summed E-state index contributed by atoms with van der Waals surface area (Å²) in [6.45, 7) is 2.73. The number of unbranched alkanes of at least 4 members (excludes halogenated alkanes) is 2. The highest BCUT2D eigenvalue weighted by atomic mass is 32.2. The van der Waals surface area contributed by atoms with Crippen LogP contribution in [0.15, 0.2) is 9.95 Å². The molecule has 0 aliphatic heterocycles. The summed E-state index contributed by atoms with van der Waals surface area (Å²) in [5.74, 6) is 0.898. The largest absolute Gasteiger partial charge is 0.343 e. The summed E-state index contributed by atoms with van der Waals surface area (Å²) in [6, 6.07) is 2.12. The second-order valence-corrected chi connectivity index (χ2v) is 4.49. The number of aromatic amines is 1. The summed E-state index contributed by atoms with van der Waals surface area (Å²) in [6.07, 6.45) is 3.40. The Hall–Kier alpha value is -1.22. The molecule has 0 saturated heterocycles. The van der Waals surface area contributed by atoms with Gasteiger partial charge in [0.1, 0.15) is 0 Å². The van der Waals surface area contributed by atoms with Crippen molar-refractivity contribution in [1.29, 1.82) is 5.26 Å². The molecule has 0 fully saturated rings. The van der Waals surface area contributed by atoms with Gasteiger partial charge >= 0.3 is 5.69 Å². The molecule has 1 rings (SSSR count). The minimum Gasteiger partial charge on any atom is -0.270 e. The lowest BCUT2D eigenvalue weighted by molar-refractivity contribution is 0.603. The Morgan fingerprint density at radius 2 is 2.38 bits per heavy atom. The van der Waals surface area contributed by atoms with E-state index in [0.717, 1.165) is 30.2 Å². The fourth-order valence-corrected chi connectivity index (χ4v) is 2.28. The molecule has 1 aromatic heterocycles. The molecule has 0 radical (unpaired) electrons. The van der Waals surface area contributed by atoms with Crippen LogP contribution in [0.25, 0.3) is 0 Å². The monoisotopic (exact) mass is 240 g/mol. The first-order valence-electron chi connectivity index (χ1n) is 5.44. The van der Waals surface area contributed by atoms with Crippen LogP contribution in [-0.2, 0) is 6.54 Å². The van der Waals surface area contributed by atoms with Crippen molar-refractivity contribution >= 4 is 11.8 Å². The first-order valence-corrected chi connectivity index (χ1v) is 6.43. The first kappa shape index (κ1) is 12.8. The minimum absolute atomic E-state index is 0.138. The quantitative estimate of drug-likeness (QED) is 0.582. The zero-order chi connectivity index (χ0) is 11.8. The van der Waals surface area contributed by atoms with E-state index >= 15 is 0 Å². The second kappa shape index (κ2) is 7.12. The first-order chi connectivity index (χ1) is 7.79. The molecule has 0 aromatic carbocycles. The number of rotatable bonds is 7. The van der Waals surface area contributed by atoms with Crippen molar-refractivity contribution in [3.05, 3.63) is 10.5 Å². The molecule has 0 amide bonds. The second-order valence-electron chi connectivity index (χ2n) is 3.43. The summed E-state index contributed by atoms with van der Waals surface area (Å²) < 4.78 is 1.66. The zero-order valence-corrected chi connectivity index (χ0v) is 10.2. The Bertz CT molecular complexity index is 404. The van der Waals surface area contributed by atoms with E-state index in [1.807, 2.05) is 6.92 Å². The maximum Gasteiger partial charge on any atom is 0.343 e. The van der Waals surface area contributed by atoms with Gasteiger partial charge in [-0.1, -0.05) is 18.7 Å². The lowest BCUT2D eigenvalue weighted by atomic mass is 10.3. The standard InChI is InChI=1S/C10H16N4OS/c1-2-7-14-9(15)12-13-10(14)16-8-5-3-4-6-11/h2-5,7-8H2,1H3,(H,12,15). The molecule has 6 heteroatoms. The van der Waals surface area contributed by atoms with Gasteiger partial charge in [-0.3, -0.25) is 4.57 Å². The SMILES string of the molecule is CCCn1c(SCCCCC#N)n[nH]c1=O. The third-order valence-corrected chi connectivity index (χ3v) is 3.15. The van der Waals surface area contributed by atoms with Gasteiger partial charge < -0.3 is 0 Å². The Morgan fingerprint density at radius 3 is 3.06 bits per heavy atom. The average molecular weight is 240 g/mol. The number of thioether (sulfide) groups is 1. The minimum atomic E-state index is -0.138. The summed E-state index contributed by atoms with van der Waals surface area (Å²) in [5, 5.41) is 15.6. The molecule has 0 aliphatic carbocycles. The smallest absolute Gasteiger partial charge is 0.270 e. The Kier molecular flexibility index (Phi) is 5.72. The molecule has 0 atom stereocenters. The fraction of sp³-hybridized carbons (Fsp3) is 0.700. The maximum atomic E-state index is 11.4. The summed E-state index contributed by atoms with van der Waals surface area (Å²) in [7, 11) is 0. The molecule has 88 valence electrons. The summed E-state index contributed by atoms with van der Waals surface area (Å²) in [4.78, 5) is 11.4. The molecule has 1 N–H and O–H groups in total. The van der Waals surface area contributed by atoms with E-state index in [9.17, 15) is 4.79 Å². The van der Waals surface area contributed by atoms with Gasteiger partial charge in [0.25, 0.3) is 0 Å². The number of nitriles is 1. The number of nitrogens with zero attached hydrogens (tertiary/aromatic N) is 3. The Labute approximate surface area is 98.9 Å². The molecule has 0 spiro atoms. The van der Waals surface area contributed by atoms with Crippen LogP contribution in [0, 0.1) is 11.3 Å². The molecule has 0 aliphatic rings. The zero-order valence-electron chi connectivity index (χ0n) is 9.40. The van der Waals surface area contributed by atoms with E-state index < -0.39 is 0 Å². The van der Waals surface area contributed by atoms with Crippen molar-refractivity contribution in [3.63, 3.8) is 0 Å². The molecule has 1 aromatic rings. The van der Waals surface area contributed by atoms with Gasteiger partial charge in [-0.15, -0.1) is 5.10 Å². The van der Waals surface area contributed by atoms with Gasteiger partial charge in [0.2, 0.25) is 0 Å². The van der Waals surface area contributed by atoms with Crippen molar-refractivity contribution in [2.24, 2.45) is 0 Å². The molecule has 5 nitrogen and oxygen atoms in total. The van der Waals surface area contributed by atoms with Gasteiger partial charge in [0, 0.05) is 18.7 Å². The van der Waals surface area contributed by atoms with Crippen LogP contribution in [0.4, 0.5) is 0 Å². The van der Waals surface area contributed by atoms with E-state index in [0.29, 0.717) is 13.0 Å². The average Bonchev–Trinajstić information content (AvgIpc) is 2.62. The highest BCUT2D eigenvalue weighted by Gasteiger charge is 2.06. The summed E-state index contributed by atoms with van der Waals surface area (Å²) >= 11 is 1.57. The van der Waals surface area contributed by atoms with Crippen molar-refractivity contribution in [2.75, 3.05) is 5.75 Å². The van der Waals surface area contributed by atoms with Crippen LogP contribution >= 0.6 is 11.8 Å². The van der Waals surface area contributed by atoms with Gasteiger partial charge in [-0.2, -0.15) is 5.26 Å². The van der Waals surface area contributed by atoms with Crippen LogP contribution in [-0.4, -0.2) is 20.5 Å². The van der Waals surface area contributed by atoms with Crippen LogP contribution in [0.3, 0.4) is 0 Å². The van der Waals surface area contributed by atoms with Gasteiger partial charge in [-0.25, -0.2) is 9.89 Å². The number of hydrogen-bond acceptors (Lipinski definition) is 4.